The molecule has 1 aromatic carbocycles. The molecule has 0 atom stereocenters. The highest BCUT2D eigenvalue weighted by atomic mass is 32.1. The van der Waals surface area contributed by atoms with Crippen molar-refractivity contribution in [1.29, 1.82) is 0 Å². The van der Waals surface area contributed by atoms with Crippen LogP contribution in [0, 0.1) is 6.92 Å². The van der Waals surface area contributed by atoms with Gasteiger partial charge in [-0.2, -0.15) is 0 Å². The van der Waals surface area contributed by atoms with Gasteiger partial charge in [-0.15, -0.1) is 12.6 Å². The van der Waals surface area contributed by atoms with Crippen LogP contribution >= 0.6 is 12.6 Å². The third-order valence-electron chi connectivity index (χ3n) is 2.15. The van der Waals surface area contributed by atoms with E-state index in [0.717, 1.165) is 17.1 Å². The zero-order valence-corrected chi connectivity index (χ0v) is 8.88. The molecule has 3 heteroatoms. The fraction of sp³-hybridized carbons (Fsp3) is 0.182. The quantitative estimate of drug-likeness (QED) is 0.723. The highest BCUT2D eigenvalue weighted by molar-refractivity contribution is 7.80. The maximum atomic E-state index is 4.41. The lowest BCUT2D eigenvalue weighted by molar-refractivity contribution is 0.998. The van der Waals surface area contributed by atoms with Gasteiger partial charge in [-0.25, -0.2) is 4.98 Å². The molecular weight excluding hydrogens is 192 g/mol. The van der Waals surface area contributed by atoms with E-state index >= 15 is 0 Å². The van der Waals surface area contributed by atoms with Crippen LogP contribution in [0.15, 0.2) is 35.5 Å². The van der Waals surface area contributed by atoms with Crippen LogP contribution < -0.4 is 0 Å². The van der Waals surface area contributed by atoms with Gasteiger partial charge in [0.2, 0.25) is 0 Å². The summed E-state index contributed by atoms with van der Waals surface area (Å²) in [7, 11) is 0. The van der Waals surface area contributed by atoms with E-state index in [1.165, 1.54) is 11.1 Å². The SMILES string of the molecule is Cc1ccc(S)c(Cc2ncc[nH]2)c1. The second-order valence-electron chi connectivity index (χ2n) is 3.34. The van der Waals surface area contributed by atoms with Crippen LogP contribution in [0.4, 0.5) is 0 Å². The van der Waals surface area contributed by atoms with Crippen molar-refractivity contribution in [1.82, 2.24) is 9.97 Å². The van der Waals surface area contributed by atoms with Gasteiger partial charge in [-0.3, -0.25) is 0 Å². The largest absolute Gasteiger partial charge is 0.348 e. The summed E-state index contributed by atoms with van der Waals surface area (Å²) < 4.78 is 0. The van der Waals surface area contributed by atoms with Crippen LogP contribution in [-0.4, -0.2) is 9.97 Å². The second-order valence-corrected chi connectivity index (χ2v) is 3.83. The molecule has 0 aliphatic carbocycles. The first-order valence-corrected chi connectivity index (χ1v) is 4.97. The standard InChI is InChI=1S/C11H12N2S/c1-8-2-3-10(14)9(6-8)7-11-12-4-5-13-11/h2-6,14H,7H2,1H3,(H,12,13). The summed E-state index contributed by atoms with van der Waals surface area (Å²) in [5.41, 5.74) is 2.47. The Morgan fingerprint density at radius 1 is 1.43 bits per heavy atom. The van der Waals surface area contributed by atoms with E-state index in [-0.39, 0.29) is 0 Å². The van der Waals surface area contributed by atoms with Crippen LogP contribution in [-0.2, 0) is 6.42 Å². The van der Waals surface area contributed by atoms with Gasteiger partial charge in [-0.1, -0.05) is 17.7 Å². The number of aromatic amines is 1. The average molecular weight is 204 g/mol. The van der Waals surface area contributed by atoms with Gasteiger partial charge in [0, 0.05) is 23.7 Å². The van der Waals surface area contributed by atoms with Gasteiger partial charge in [0.1, 0.15) is 5.82 Å². The third kappa shape index (κ3) is 1.99. The fourth-order valence-corrected chi connectivity index (χ4v) is 1.65. The number of nitrogens with zero attached hydrogens (tertiary/aromatic N) is 1. The fourth-order valence-electron chi connectivity index (χ4n) is 1.43. The Kier molecular flexibility index (Phi) is 2.59. The molecule has 2 aromatic rings. The molecule has 14 heavy (non-hydrogen) atoms. The number of H-pyrrole nitrogens is 1. The van der Waals surface area contributed by atoms with Gasteiger partial charge >= 0.3 is 0 Å². The predicted octanol–water partition coefficient (Wildman–Crippen LogP) is 2.60. The van der Waals surface area contributed by atoms with Crippen molar-refractivity contribution in [2.24, 2.45) is 0 Å². The molecule has 0 spiro atoms. The molecule has 0 radical (unpaired) electrons. The molecule has 1 heterocycles. The normalized spacial score (nSPS) is 10.4. The van der Waals surface area contributed by atoms with Crippen LogP contribution in [0.3, 0.4) is 0 Å². The lowest BCUT2D eigenvalue weighted by Crippen LogP contribution is -1.92. The molecule has 0 unspecified atom stereocenters. The number of aryl methyl sites for hydroxylation is 1. The van der Waals surface area contributed by atoms with Crippen LogP contribution in [0.2, 0.25) is 0 Å². The first-order chi connectivity index (χ1) is 6.75. The predicted molar refractivity (Wildman–Crippen MR) is 59.8 cm³/mol. The molecule has 0 fully saturated rings. The topological polar surface area (TPSA) is 28.7 Å². The van der Waals surface area contributed by atoms with E-state index < -0.39 is 0 Å². The molecule has 72 valence electrons. The minimum Gasteiger partial charge on any atom is -0.348 e. The molecule has 0 aliphatic heterocycles. The Hall–Kier alpha value is -1.22. The van der Waals surface area contributed by atoms with Crippen molar-refractivity contribution >= 4 is 12.6 Å². The lowest BCUT2D eigenvalue weighted by atomic mass is 10.1. The third-order valence-corrected chi connectivity index (χ3v) is 2.58. The number of imidazole rings is 1. The minimum absolute atomic E-state index is 0.813. The molecular formula is C11H12N2S. The van der Waals surface area contributed by atoms with E-state index in [9.17, 15) is 0 Å². The molecule has 1 N–H and O–H groups in total. The van der Waals surface area contributed by atoms with Gasteiger partial charge < -0.3 is 4.98 Å². The van der Waals surface area contributed by atoms with Crippen LogP contribution in [0.25, 0.3) is 0 Å². The first-order valence-electron chi connectivity index (χ1n) is 4.52. The van der Waals surface area contributed by atoms with Crippen molar-refractivity contribution in [3.63, 3.8) is 0 Å². The summed E-state index contributed by atoms with van der Waals surface area (Å²) in [5.74, 6) is 0.978. The van der Waals surface area contributed by atoms with Gasteiger partial charge in [0.05, 0.1) is 0 Å². The maximum absolute atomic E-state index is 4.41. The summed E-state index contributed by atoms with van der Waals surface area (Å²) in [6.07, 6.45) is 4.42. The molecule has 0 saturated heterocycles. The van der Waals surface area contributed by atoms with E-state index in [1.54, 1.807) is 6.20 Å². The Labute approximate surface area is 88.8 Å². The molecule has 2 rings (SSSR count). The van der Waals surface area contributed by atoms with Crippen molar-refractivity contribution in [2.45, 2.75) is 18.2 Å². The highest BCUT2D eigenvalue weighted by Gasteiger charge is 2.02. The molecule has 0 saturated carbocycles. The minimum atomic E-state index is 0.813. The van der Waals surface area contributed by atoms with E-state index in [2.05, 4.69) is 41.7 Å². The Balaban J connectivity index is 2.28. The van der Waals surface area contributed by atoms with Crippen molar-refractivity contribution in [3.8, 4) is 0 Å². The van der Waals surface area contributed by atoms with Gasteiger partial charge in [0.15, 0.2) is 0 Å². The van der Waals surface area contributed by atoms with E-state index in [0.29, 0.717) is 0 Å². The number of rotatable bonds is 2. The number of nitrogens with one attached hydrogen (secondary N) is 1. The number of benzene rings is 1. The molecule has 0 bridgehead atoms. The van der Waals surface area contributed by atoms with Gasteiger partial charge in [-0.05, 0) is 18.6 Å². The molecule has 2 nitrogen and oxygen atoms in total. The Morgan fingerprint density at radius 3 is 3.00 bits per heavy atom. The van der Waals surface area contributed by atoms with Crippen molar-refractivity contribution in [2.75, 3.05) is 0 Å². The second kappa shape index (κ2) is 3.88. The highest BCUT2D eigenvalue weighted by Crippen LogP contribution is 2.17. The number of hydrogen-bond donors (Lipinski definition) is 2. The van der Waals surface area contributed by atoms with Crippen molar-refractivity contribution in [3.05, 3.63) is 47.5 Å². The van der Waals surface area contributed by atoms with Crippen LogP contribution in [0.5, 0.6) is 0 Å². The maximum Gasteiger partial charge on any atom is 0.110 e. The van der Waals surface area contributed by atoms with Gasteiger partial charge in [0.25, 0.3) is 0 Å². The monoisotopic (exact) mass is 204 g/mol. The number of thiol groups is 1. The Bertz CT molecular complexity index is 421. The summed E-state index contributed by atoms with van der Waals surface area (Å²) in [6.45, 7) is 2.08. The first kappa shape index (κ1) is 9.34. The van der Waals surface area contributed by atoms with Crippen molar-refractivity contribution < 1.29 is 0 Å². The smallest absolute Gasteiger partial charge is 0.110 e. The zero-order valence-electron chi connectivity index (χ0n) is 7.99. The lowest BCUT2D eigenvalue weighted by Gasteiger charge is -2.04. The van der Waals surface area contributed by atoms with Crippen LogP contribution in [0.1, 0.15) is 17.0 Å². The van der Waals surface area contributed by atoms with E-state index in [1.807, 2.05) is 12.3 Å². The Morgan fingerprint density at radius 2 is 2.29 bits per heavy atom. The summed E-state index contributed by atoms with van der Waals surface area (Å²) in [4.78, 5) is 8.30. The molecule has 1 aromatic heterocycles. The average Bonchev–Trinajstić information content (AvgIpc) is 2.64. The molecule has 0 aliphatic rings. The van der Waals surface area contributed by atoms with E-state index in [4.69, 9.17) is 0 Å². The summed E-state index contributed by atoms with van der Waals surface area (Å²) in [6, 6.07) is 6.23. The summed E-state index contributed by atoms with van der Waals surface area (Å²) in [5, 5.41) is 0. The zero-order chi connectivity index (χ0) is 9.97. The molecule has 0 amide bonds. The summed E-state index contributed by atoms with van der Waals surface area (Å²) >= 11 is 4.41. The number of aromatic nitrogens is 2. The number of hydrogen-bond acceptors (Lipinski definition) is 2.